The van der Waals surface area contributed by atoms with Crippen LogP contribution in [0, 0.1) is 0 Å². The van der Waals surface area contributed by atoms with Crippen LogP contribution in [0.5, 0.6) is 0 Å². The summed E-state index contributed by atoms with van der Waals surface area (Å²) in [5.41, 5.74) is 0. The molecule has 0 aliphatic heterocycles. The summed E-state index contributed by atoms with van der Waals surface area (Å²) < 4.78 is 6.05. The van der Waals surface area contributed by atoms with E-state index in [2.05, 4.69) is 42.1 Å². The molecule has 0 aliphatic rings. The molecule has 0 saturated heterocycles. The van der Waals surface area contributed by atoms with E-state index in [-0.39, 0.29) is 0 Å². The Labute approximate surface area is 87.9 Å². The molecule has 0 aromatic rings. The van der Waals surface area contributed by atoms with Crippen molar-refractivity contribution in [2.24, 2.45) is 0 Å². The van der Waals surface area contributed by atoms with Gasteiger partial charge in [0.1, 0.15) is 0 Å². The van der Waals surface area contributed by atoms with E-state index in [1.807, 2.05) is 0 Å². The first-order valence-electron chi connectivity index (χ1n) is 4.69. The van der Waals surface area contributed by atoms with Gasteiger partial charge in [0.2, 0.25) is 0 Å². The fourth-order valence-electron chi connectivity index (χ4n) is 1.19. The standard InChI is InChI=1S/C8H21BrOSi2/c1-11(8-6-5-7-9)10-12(2,3)4/h11H,5-8H2,1-4H3. The molecule has 0 amide bonds. The van der Waals surface area contributed by atoms with Crippen LogP contribution in [0.3, 0.4) is 0 Å². The lowest BCUT2D eigenvalue weighted by molar-refractivity contribution is 0.569. The van der Waals surface area contributed by atoms with Gasteiger partial charge in [-0.05, 0) is 38.7 Å². The first-order valence-corrected chi connectivity index (χ1v) is 11.7. The molecule has 4 heteroatoms. The van der Waals surface area contributed by atoms with E-state index in [9.17, 15) is 0 Å². The van der Waals surface area contributed by atoms with E-state index in [0.717, 1.165) is 5.33 Å². The summed E-state index contributed by atoms with van der Waals surface area (Å²) in [5.74, 6) is 0. The van der Waals surface area contributed by atoms with Crippen LogP contribution in [-0.4, -0.2) is 22.7 Å². The van der Waals surface area contributed by atoms with Crippen molar-refractivity contribution in [2.45, 2.75) is 45.1 Å². The lowest BCUT2D eigenvalue weighted by atomic mass is 10.4. The van der Waals surface area contributed by atoms with Crippen molar-refractivity contribution in [3.8, 4) is 0 Å². The quantitative estimate of drug-likeness (QED) is 0.408. The molecule has 0 rings (SSSR count). The molecule has 0 radical (unpaired) electrons. The Morgan fingerprint density at radius 3 is 2.25 bits per heavy atom. The number of hydrogen-bond donors (Lipinski definition) is 0. The van der Waals surface area contributed by atoms with E-state index in [0.29, 0.717) is 0 Å². The van der Waals surface area contributed by atoms with Crippen molar-refractivity contribution in [1.82, 2.24) is 0 Å². The maximum absolute atomic E-state index is 6.05. The van der Waals surface area contributed by atoms with Gasteiger partial charge in [0.15, 0.2) is 17.4 Å². The Hall–Kier alpha value is 0.874. The highest BCUT2D eigenvalue weighted by Crippen LogP contribution is 2.10. The van der Waals surface area contributed by atoms with Gasteiger partial charge >= 0.3 is 0 Å². The minimum Gasteiger partial charge on any atom is -0.458 e. The van der Waals surface area contributed by atoms with Gasteiger partial charge in [0, 0.05) is 5.33 Å². The second-order valence-corrected chi connectivity index (χ2v) is 12.4. The second kappa shape index (κ2) is 6.35. The summed E-state index contributed by atoms with van der Waals surface area (Å²) in [6, 6.07) is 1.34. The zero-order chi connectivity index (χ0) is 9.61. The molecule has 0 saturated carbocycles. The highest BCUT2D eigenvalue weighted by molar-refractivity contribution is 9.09. The largest absolute Gasteiger partial charge is 0.458 e. The van der Waals surface area contributed by atoms with Gasteiger partial charge < -0.3 is 4.12 Å². The molecule has 1 atom stereocenters. The molecule has 1 unspecified atom stereocenters. The zero-order valence-corrected chi connectivity index (χ0v) is 12.4. The third-order valence-electron chi connectivity index (χ3n) is 1.55. The topological polar surface area (TPSA) is 9.23 Å². The van der Waals surface area contributed by atoms with Crippen molar-refractivity contribution in [1.29, 1.82) is 0 Å². The van der Waals surface area contributed by atoms with E-state index in [1.165, 1.54) is 18.9 Å². The van der Waals surface area contributed by atoms with Gasteiger partial charge in [-0.25, -0.2) is 0 Å². The molecule has 0 heterocycles. The molecular weight excluding hydrogens is 248 g/mol. The van der Waals surface area contributed by atoms with Crippen LogP contribution in [0.1, 0.15) is 12.8 Å². The fourth-order valence-corrected chi connectivity index (χ4v) is 7.75. The SMILES string of the molecule is C[SiH](CCCCBr)O[Si](C)(C)C. The first-order chi connectivity index (χ1) is 5.45. The lowest BCUT2D eigenvalue weighted by Crippen LogP contribution is -2.32. The normalized spacial score (nSPS) is 14.8. The average molecular weight is 269 g/mol. The summed E-state index contributed by atoms with van der Waals surface area (Å²) in [7, 11) is -2.05. The van der Waals surface area contributed by atoms with Crippen LogP contribution in [0.25, 0.3) is 0 Å². The van der Waals surface area contributed by atoms with Crippen LogP contribution in [0.2, 0.25) is 32.2 Å². The summed E-state index contributed by atoms with van der Waals surface area (Å²) >= 11 is 3.44. The highest BCUT2D eigenvalue weighted by atomic mass is 79.9. The van der Waals surface area contributed by atoms with E-state index >= 15 is 0 Å². The number of unbranched alkanes of at least 4 members (excludes halogenated alkanes) is 1. The summed E-state index contributed by atoms with van der Waals surface area (Å²) in [6.45, 7) is 9.16. The molecule has 0 spiro atoms. The maximum atomic E-state index is 6.05. The van der Waals surface area contributed by atoms with Crippen molar-refractivity contribution in [3.63, 3.8) is 0 Å². The monoisotopic (exact) mass is 268 g/mol. The number of alkyl halides is 1. The number of hydrogen-bond acceptors (Lipinski definition) is 1. The van der Waals surface area contributed by atoms with Gasteiger partial charge in [0.05, 0.1) is 0 Å². The van der Waals surface area contributed by atoms with Crippen molar-refractivity contribution >= 4 is 33.3 Å². The second-order valence-electron chi connectivity index (χ2n) is 4.23. The third kappa shape index (κ3) is 8.97. The van der Waals surface area contributed by atoms with E-state index in [1.54, 1.807) is 0 Å². The molecule has 0 N–H and O–H groups in total. The third-order valence-corrected chi connectivity index (χ3v) is 7.77. The maximum Gasteiger partial charge on any atom is 0.170 e. The number of halogens is 1. The van der Waals surface area contributed by atoms with Crippen molar-refractivity contribution < 1.29 is 4.12 Å². The molecule has 1 nitrogen and oxygen atoms in total. The Bertz CT molecular complexity index is 114. The fraction of sp³-hybridized carbons (Fsp3) is 1.00. The Morgan fingerprint density at radius 1 is 1.25 bits per heavy atom. The van der Waals surface area contributed by atoms with Crippen molar-refractivity contribution in [2.75, 3.05) is 5.33 Å². The van der Waals surface area contributed by atoms with Crippen LogP contribution < -0.4 is 0 Å². The molecule has 74 valence electrons. The van der Waals surface area contributed by atoms with Gasteiger partial charge in [-0.1, -0.05) is 22.4 Å². The number of rotatable bonds is 6. The molecule has 0 bridgehead atoms. The summed E-state index contributed by atoms with van der Waals surface area (Å²) in [4.78, 5) is 0. The molecular formula is C8H21BrOSi2. The minimum atomic E-state index is -1.23. The Morgan fingerprint density at radius 2 is 1.83 bits per heavy atom. The minimum absolute atomic E-state index is 0.818. The van der Waals surface area contributed by atoms with Gasteiger partial charge in [-0.3, -0.25) is 0 Å². The van der Waals surface area contributed by atoms with Gasteiger partial charge in [-0.15, -0.1) is 0 Å². The molecule has 0 aromatic carbocycles. The Balaban J connectivity index is 3.40. The van der Waals surface area contributed by atoms with Crippen LogP contribution in [-0.2, 0) is 4.12 Å². The molecule has 0 aliphatic carbocycles. The van der Waals surface area contributed by atoms with Gasteiger partial charge in [0.25, 0.3) is 0 Å². The van der Waals surface area contributed by atoms with Crippen LogP contribution in [0.15, 0.2) is 0 Å². The predicted molar refractivity (Wildman–Crippen MR) is 65.3 cm³/mol. The van der Waals surface area contributed by atoms with Gasteiger partial charge in [-0.2, -0.15) is 0 Å². The first kappa shape index (κ1) is 12.9. The molecule has 12 heavy (non-hydrogen) atoms. The average Bonchev–Trinajstić information content (AvgIpc) is 1.84. The lowest BCUT2D eigenvalue weighted by Gasteiger charge is -2.22. The highest BCUT2D eigenvalue weighted by Gasteiger charge is 2.17. The zero-order valence-electron chi connectivity index (χ0n) is 8.69. The molecule has 0 aromatic heterocycles. The summed E-state index contributed by atoms with van der Waals surface area (Å²) in [5, 5.41) is 1.14. The van der Waals surface area contributed by atoms with E-state index in [4.69, 9.17) is 4.12 Å². The Kier molecular flexibility index (Phi) is 6.81. The summed E-state index contributed by atoms with van der Waals surface area (Å²) in [6.07, 6.45) is 2.63. The van der Waals surface area contributed by atoms with Crippen molar-refractivity contribution in [3.05, 3.63) is 0 Å². The van der Waals surface area contributed by atoms with Crippen LogP contribution in [0.4, 0.5) is 0 Å². The predicted octanol–water partition coefficient (Wildman–Crippen LogP) is 3.37. The molecule has 0 fully saturated rings. The smallest absolute Gasteiger partial charge is 0.170 e. The van der Waals surface area contributed by atoms with E-state index < -0.39 is 17.4 Å². The van der Waals surface area contributed by atoms with Crippen LogP contribution >= 0.6 is 15.9 Å².